The van der Waals surface area contributed by atoms with Crippen LogP contribution in [0.3, 0.4) is 0 Å². The van der Waals surface area contributed by atoms with Gasteiger partial charge in [-0.3, -0.25) is 14.4 Å². The molecule has 0 saturated heterocycles. The van der Waals surface area contributed by atoms with Crippen LogP contribution in [-0.2, 0) is 9.59 Å². The zero-order valence-corrected chi connectivity index (χ0v) is 12.3. The van der Waals surface area contributed by atoms with Crippen LogP contribution in [0, 0.1) is 11.8 Å². The number of carbonyl (C=O) groups excluding carboxylic acids is 2. The molecule has 1 saturated carbocycles. The quantitative estimate of drug-likeness (QED) is 0.886. The lowest BCUT2D eigenvalue weighted by Gasteiger charge is -2.15. The standard InChI is InChI=1S/C14H15ClN2O4/c1-17(2)13(19)8-4-3-7(15)5-11(8)16-12(18)9-6-10(9)14(20)21/h3-5,9-10H,6H2,1-2H3,(H,16,18)(H,20,21). The number of nitrogens with one attached hydrogen (secondary N) is 1. The van der Waals surface area contributed by atoms with Crippen LogP contribution < -0.4 is 5.32 Å². The Labute approximate surface area is 126 Å². The summed E-state index contributed by atoms with van der Waals surface area (Å²) in [7, 11) is 3.20. The Morgan fingerprint density at radius 2 is 1.95 bits per heavy atom. The van der Waals surface area contributed by atoms with Gasteiger partial charge >= 0.3 is 5.97 Å². The Bertz CT molecular complexity index is 615. The second-order valence-corrected chi connectivity index (χ2v) is 5.60. The number of carbonyl (C=O) groups is 3. The van der Waals surface area contributed by atoms with Crippen molar-refractivity contribution >= 4 is 35.1 Å². The van der Waals surface area contributed by atoms with E-state index in [9.17, 15) is 14.4 Å². The Kier molecular flexibility index (Phi) is 4.18. The van der Waals surface area contributed by atoms with E-state index in [2.05, 4.69) is 5.32 Å². The topological polar surface area (TPSA) is 86.7 Å². The molecule has 1 aromatic rings. The molecule has 0 heterocycles. The third kappa shape index (κ3) is 3.33. The van der Waals surface area contributed by atoms with Gasteiger partial charge in [0.05, 0.1) is 23.1 Å². The highest BCUT2D eigenvalue weighted by Crippen LogP contribution is 2.39. The van der Waals surface area contributed by atoms with E-state index in [1.165, 1.54) is 17.0 Å². The number of hydrogen-bond acceptors (Lipinski definition) is 3. The van der Waals surface area contributed by atoms with E-state index < -0.39 is 23.7 Å². The largest absolute Gasteiger partial charge is 0.481 e. The third-order valence-electron chi connectivity index (χ3n) is 3.32. The number of amides is 2. The molecule has 0 radical (unpaired) electrons. The van der Waals surface area contributed by atoms with Crippen molar-refractivity contribution in [1.29, 1.82) is 0 Å². The molecular weight excluding hydrogens is 296 g/mol. The summed E-state index contributed by atoms with van der Waals surface area (Å²) in [5.74, 6) is -2.85. The van der Waals surface area contributed by atoms with E-state index in [0.29, 0.717) is 22.7 Å². The fourth-order valence-corrected chi connectivity index (χ4v) is 2.20. The first-order chi connectivity index (χ1) is 9.81. The monoisotopic (exact) mass is 310 g/mol. The molecule has 1 aromatic carbocycles. The van der Waals surface area contributed by atoms with Gasteiger partial charge < -0.3 is 15.3 Å². The molecule has 2 rings (SSSR count). The predicted molar refractivity (Wildman–Crippen MR) is 77.3 cm³/mol. The molecule has 0 bridgehead atoms. The third-order valence-corrected chi connectivity index (χ3v) is 3.56. The van der Waals surface area contributed by atoms with Crippen molar-refractivity contribution in [3.63, 3.8) is 0 Å². The Morgan fingerprint density at radius 1 is 1.29 bits per heavy atom. The molecular formula is C14H15ClN2O4. The molecule has 0 aliphatic heterocycles. The second-order valence-electron chi connectivity index (χ2n) is 5.17. The van der Waals surface area contributed by atoms with E-state index in [1.54, 1.807) is 20.2 Å². The number of rotatable bonds is 4. The van der Waals surface area contributed by atoms with Crippen LogP contribution in [0.1, 0.15) is 16.8 Å². The first kappa shape index (κ1) is 15.3. The van der Waals surface area contributed by atoms with Crippen molar-refractivity contribution in [2.24, 2.45) is 11.8 Å². The predicted octanol–water partition coefficient (Wildman–Crippen LogP) is 1.70. The molecule has 1 aliphatic rings. The lowest BCUT2D eigenvalue weighted by Crippen LogP contribution is -2.24. The van der Waals surface area contributed by atoms with Gasteiger partial charge in [0.25, 0.3) is 5.91 Å². The summed E-state index contributed by atoms with van der Waals surface area (Å²) in [5, 5.41) is 11.8. The summed E-state index contributed by atoms with van der Waals surface area (Å²) in [6.07, 6.45) is 0.318. The Balaban J connectivity index is 2.19. The fourth-order valence-electron chi connectivity index (χ4n) is 2.03. The molecule has 0 spiro atoms. The molecule has 7 heteroatoms. The fraction of sp³-hybridized carbons (Fsp3) is 0.357. The van der Waals surface area contributed by atoms with Crippen molar-refractivity contribution in [1.82, 2.24) is 4.90 Å². The van der Waals surface area contributed by atoms with Crippen LogP contribution in [0.15, 0.2) is 18.2 Å². The van der Waals surface area contributed by atoms with Crippen LogP contribution >= 0.6 is 11.6 Å². The molecule has 21 heavy (non-hydrogen) atoms. The van der Waals surface area contributed by atoms with Gasteiger partial charge in [-0.1, -0.05) is 11.6 Å². The van der Waals surface area contributed by atoms with Crippen molar-refractivity contribution in [3.8, 4) is 0 Å². The van der Waals surface area contributed by atoms with Crippen molar-refractivity contribution in [2.45, 2.75) is 6.42 Å². The van der Waals surface area contributed by atoms with Crippen molar-refractivity contribution < 1.29 is 19.5 Å². The summed E-state index contributed by atoms with van der Waals surface area (Å²) in [6.45, 7) is 0. The minimum Gasteiger partial charge on any atom is -0.481 e. The molecule has 0 aromatic heterocycles. The zero-order chi connectivity index (χ0) is 15.7. The lowest BCUT2D eigenvalue weighted by atomic mass is 10.1. The summed E-state index contributed by atoms with van der Waals surface area (Å²) < 4.78 is 0. The Morgan fingerprint density at radius 3 is 2.48 bits per heavy atom. The van der Waals surface area contributed by atoms with Crippen molar-refractivity contribution in [3.05, 3.63) is 28.8 Å². The molecule has 6 nitrogen and oxygen atoms in total. The molecule has 1 aliphatic carbocycles. The average Bonchev–Trinajstić information content (AvgIpc) is 3.18. The number of anilines is 1. The van der Waals surface area contributed by atoms with Crippen LogP contribution in [0.5, 0.6) is 0 Å². The smallest absolute Gasteiger partial charge is 0.307 e. The summed E-state index contributed by atoms with van der Waals surface area (Å²) in [5.41, 5.74) is 0.604. The van der Waals surface area contributed by atoms with Crippen LogP contribution in [-0.4, -0.2) is 41.9 Å². The summed E-state index contributed by atoms with van der Waals surface area (Å²) >= 11 is 5.89. The molecule has 112 valence electrons. The number of nitrogens with zero attached hydrogens (tertiary/aromatic N) is 1. The average molecular weight is 311 g/mol. The minimum absolute atomic E-state index is 0.271. The van der Waals surface area contributed by atoms with Gasteiger partial charge in [-0.2, -0.15) is 0 Å². The van der Waals surface area contributed by atoms with Crippen LogP contribution in [0.25, 0.3) is 0 Å². The van der Waals surface area contributed by atoms with Crippen LogP contribution in [0.2, 0.25) is 5.02 Å². The highest BCUT2D eigenvalue weighted by atomic mass is 35.5. The number of hydrogen-bond donors (Lipinski definition) is 2. The van der Waals surface area contributed by atoms with E-state index in [0.717, 1.165) is 0 Å². The second kappa shape index (κ2) is 5.73. The lowest BCUT2D eigenvalue weighted by molar-refractivity contribution is -0.139. The summed E-state index contributed by atoms with van der Waals surface area (Å²) in [6, 6.07) is 4.57. The normalized spacial score (nSPS) is 19.8. The number of benzene rings is 1. The number of carboxylic acids is 1. The van der Waals surface area contributed by atoms with Gasteiger partial charge in [-0.05, 0) is 24.6 Å². The first-order valence-electron chi connectivity index (χ1n) is 6.36. The molecule has 2 N–H and O–H groups in total. The number of carboxylic acid groups (broad SMARTS) is 1. The molecule has 1 fully saturated rings. The molecule has 2 unspecified atom stereocenters. The van der Waals surface area contributed by atoms with Crippen molar-refractivity contribution in [2.75, 3.05) is 19.4 Å². The van der Waals surface area contributed by atoms with Gasteiger partial charge in [0, 0.05) is 19.1 Å². The van der Waals surface area contributed by atoms with E-state index in [-0.39, 0.29) is 5.91 Å². The maximum Gasteiger partial charge on any atom is 0.307 e. The van der Waals surface area contributed by atoms with Gasteiger partial charge in [-0.25, -0.2) is 0 Å². The van der Waals surface area contributed by atoms with E-state index >= 15 is 0 Å². The van der Waals surface area contributed by atoms with Gasteiger partial charge in [-0.15, -0.1) is 0 Å². The maximum absolute atomic E-state index is 12.1. The molecule has 2 atom stereocenters. The Hall–Kier alpha value is -2.08. The minimum atomic E-state index is -0.981. The molecule has 2 amide bonds. The SMILES string of the molecule is CN(C)C(=O)c1ccc(Cl)cc1NC(=O)C1CC1C(=O)O. The van der Waals surface area contributed by atoms with Crippen LogP contribution in [0.4, 0.5) is 5.69 Å². The highest BCUT2D eigenvalue weighted by molar-refractivity contribution is 6.31. The number of halogens is 1. The number of aliphatic carboxylic acids is 1. The van der Waals surface area contributed by atoms with Gasteiger partial charge in [0.2, 0.25) is 5.91 Å². The van der Waals surface area contributed by atoms with E-state index in [1.807, 2.05) is 0 Å². The first-order valence-corrected chi connectivity index (χ1v) is 6.74. The summed E-state index contributed by atoms with van der Waals surface area (Å²) in [4.78, 5) is 36.2. The van der Waals surface area contributed by atoms with Gasteiger partial charge in [0.1, 0.15) is 0 Å². The highest BCUT2D eigenvalue weighted by Gasteiger charge is 2.48. The maximum atomic E-state index is 12.1. The van der Waals surface area contributed by atoms with Gasteiger partial charge in [0.15, 0.2) is 0 Å². The van der Waals surface area contributed by atoms with E-state index in [4.69, 9.17) is 16.7 Å². The zero-order valence-electron chi connectivity index (χ0n) is 11.6.